The standard InChI is InChI=1S/C15H27N3O3/c1-15(2,3)17-14(20)16-13(19)10-18-8-9-21-12-7-5-4-6-11(12)18/h11-12H,4-10H2,1-3H3,(H2,16,17,19,20)/t11-,12-/m1/s1. The van der Waals surface area contributed by atoms with Gasteiger partial charge in [0.2, 0.25) is 5.91 Å². The second-order valence-electron chi connectivity index (χ2n) is 6.98. The topological polar surface area (TPSA) is 70.7 Å². The molecule has 6 heteroatoms. The van der Waals surface area contributed by atoms with E-state index in [0.29, 0.717) is 12.6 Å². The van der Waals surface area contributed by atoms with Crippen LogP contribution in [0.4, 0.5) is 4.79 Å². The molecule has 0 spiro atoms. The molecule has 1 aliphatic heterocycles. The van der Waals surface area contributed by atoms with Crippen molar-refractivity contribution in [3.05, 3.63) is 0 Å². The molecule has 0 aromatic heterocycles. The number of fused-ring (bicyclic) bond motifs is 1. The Kier molecular flexibility index (Phi) is 5.22. The number of ether oxygens (including phenoxy) is 1. The van der Waals surface area contributed by atoms with E-state index in [4.69, 9.17) is 4.74 Å². The van der Waals surface area contributed by atoms with Crippen molar-refractivity contribution >= 4 is 11.9 Å². The number of urea groups is 1. The number of carbonyl (C=O) groups is 2. The summed E-state index contributed by atoms with van der Waals surface area (Å²) >= 11 is 0. The summed E-state index contributed by atoms with van der Waals surface area (Å²) in [6.45, 7) is 7.34. The summed E-state index contributed by atoms with van der Waals surface area (Å²) in [5, 5.41) is 5.14. The molecule has 120 valence electrons. The van der Waals surface area contributed by atoms with E-state index in [1.165, 1.54) is 12.8 Å². The van der Waals surface area contributed by atoms with Crippen molar-refractivity contribution < 1.29 is 14.3 Å². The zero-order valence-electron chi connectivity index (χ0n) is 13.3. The Labute approximate surface area is 126 Å². The average Bonchev–Trinajstić information content (AvgIpc) is 2.36. The molecule has 2 rings (SSSR count). The minimum Gasteiger partial charge on any atom is -0.375 e. The van der Waals surface area contributed by atoms with Crippen molar-refractivity contribution in [2.24, 2.45) is 0 Å². The molecule has 2 atom stereocenters. The molecular weight excluding hydrogens is 270 g/mol. The van der Waals surface area contributed by atoms with Crippen LogP contribution >= 0.6 is 0 Å². The Morgan fingerprint density at radius 3 is 2.67 bits per heavy atom. The van der Waals surface area contributed by atoms with Crippen molar-refractivity contribution in [3.8, 4) is 0 Å². The van der Waals surface area contributed by atoms with Gasteiger partial charge in [0.25, 0.3) is 0 Å². The third kappa shape index (κ3) is 4.97. The molecule has 2 N–H and O–H groups in total. The molecule has 0 aromatic carbocycles. The van der Waals surface area contributed by atoms with Crippen molar-refractivity contribution in [1.82, 2.24) is 15.5 Å². The molecule has 1 heterocycles. The van der Waals surface area contributed by atoms with Crippen LogP contribution in [0.3, 0.4) is 0 Å². The molecule has 0 unspecified atom stereocenters. The number of amides is 3. The first-order valence-corrected chi connectivity index (χ1v) is 7.83. The van der Waals surface area contributed by atoms with Gasteiger partial charge in [-0.25, -0.2) is 4.79 Å². The summed E-state index contributed by atoms with van der Waals surface area (Å²) < 4.78 is 5.79. The summed E-state index contributed by atoms with van der Waals surface area (Å²) in [4.78, 5) is 25.9. The van der Waals surface area contributed by atoms with Crippen LogP contribution in [0, 0.1) is 0 Å². The fourth-order valence-corrected chi connectivity index (χ4v) is 3.10. The predicted molar refractivity (Wildman–Crippen MR) is 80.0 cm³/mol. The van der Waals surface area contributed by atoms with Gasteiger partial charge in [-0.15, -0.1) is 0 Å². The lowest BCUT2D eigenvalue weighted by Crippen LogP contribution is -2.56. The summed E-state index contributed by atoms with van der Waals surface area (Å²) in [7, 11) is 0. The summed E-state index contributed by atoms with van der Waals surface area (Å²) in [6.07, 6.45) is 4.80. The lowest BCUT2D eigenvalue weighted by atomic mass is 9.90. The molecule has 2 fully saturated rings. The van der Waals surface area contributed by atoms with Crippen LogP contribution in [0.15, 0.2) is 0 Å². The van der Waals surface area contributed by atoms with E-state index in [-0.39, 0.29) is 24.1 Å². The van der Waals surface area contributed by atoms with Crippen LogP contribution in [0.2, 0.25) is 0 Å². The molecule has 0 radical (unpaired) electrons. The van der Waals surface area contributed by atoms with E-state index in [1.54, 1.807) is 0 Å². The lowest BCUT2D eigenvalue weighted by molar-refractivity contribution is -0.128. The SMILES string of the molecule is CC(C)(C)NC(=O)NC(=O)CN1CCO[C@@H]2CCCC[C@H]21. The van der Waals surface area contributed by atoms with Gasteiger partial charge >= 0.3 is 6.03 Å². The Morgan fingerprint density at radius 1 is 1.24 bits per heavy atom. The van der Waals surface area contributed by atoms with E-state index in [2.05, 4.69) is 15.5 Å². The zero-order chi connectivity index (χ0) is 15.5. The Morgan fingerprint density at radius 2 is 1.95 bits per heavy atom. The van der Waals surface area contributed by atoms with Gasteiger partial charge in [-0.2, -0.15) is 0 Å². The molecule has 3 amide bonds. The van der Waals surface area contributed by atoms with Gasteiger partial charge in [0.1, 0.15) is 0 Å². The third-order valence-electron chi connectivity index (χ3n) is 3.94. The maximum atomic E-state index is 12.0. The van der Waals surface area contributed by atoms with Crippen molar-refractivity contribution in [3.63, 3.8) is 0 Å². The van der Waals surface area contributed by atoms with Gasteiger partial charge in [-0.1, -0.05) is 12.8 Å². The maximum Gasteiger partial charge on any atom is 0.321 e. The van der Waals surface area contributed by atoms with Crippen LogP contribution < -0.4 is 10.6 Å². The fraction of sp³-hybridized carbons (Fsp3) is 0.867. The van der Waals surface area contributed by atoms with Gasteiger partial charge < -0.3 is 10.1 Å². The Bertz CT molecular complexity index is 390. The normalized spacial score (nSPS) is 26.8. The average molecular weight is 297 g/mol. The third-order valence-corrected chi connectivity index (χ3v) is 3.94. The number of hydrogen-bond donors (Lipinski definition) is 2. The predicted octanol–water partition coefficient (Wildman–Crippen LogP) is 1.25. The first-order chi connectivity index (χ1) is 9.85. The highest BCUT2D eigenvalue weighted by Crippen LogP contribution is 2.28. The summed E-state index contributed by atoms with van der Waals surface area (Å²) in [6, 6.07) is -0.107. The minimum absolute atomic E-state index is 0.247. The quantitative estimate of drug-likeness (QED) is 0.805. The molecule has 1 aliphatic carbocycles. The van der Waals surface area contributed by atoms with Gasteiger partial charge in [0, 0.05) is 18.1 Å². The van der Waals surface area contributed by atoms with Crippen molar-refractivity contribution in [2.45, 2.75) is 64.1 Å². The molecule has 0 aromatic rings. The summed E-state index contributed by atoms with van der Waals surface area (Å²) in [5.41, 5.74) is -0.349. The highest BCUT2D eigenvalue weighted by molar-refractivity contribution is 5.95. The number of rotatable bonds is 2. The van der Waals surface area contributed by atoms with Gasteiger partial charge in [0.05, 0.1) is 19.3 Å². The number of carbonyl (C=O) groups excluding carboxylic acids is 2. The molecule has 1 saturated heterocycles. The van der Waals surface area contributed by atoms with Crippen LogP contribution in [0.5, 0.6) is 0 Å². The largest absolute Gasteiger partial charge is 0.375 e. The van der Waals surface area contributed by atoms with Crippen LogP contribution in [0.25, 0.3) is 0 Å². The molecule has 2 aliphatic rings. The minimum atomic E-state index is -0.430. The van der Waals surface area contributed by atoms with Crippen molar-refractivity contribution in [2.75, 3.05) is 19.7 Å². The maximum absolute atomic E-state index is 12.0. The molecular formula is C15H27N3O3. The highest BCUT2D eigenvalue weighted by Gasteiger charge is 2.35. The van der Waals surface area contributed by atoms with E-state index < -0.39 is 6.03 Å². The molecule has 0 bridgehead atoms. The van der Waals surface area contributed by atoms with E-state index in [9.17, 15) is 9.59 Å². The van der Waals surface area contributed by atoms with Crippen LogP contribution in [0.1, 0.15) is 46.5 Å². The first kappa shape index (κ1) is 16.2. The Hall–Kier alpha value is -1.14. The fourth-order valence-electron chi connectivity index (χ4n) is 3.10. The number of nitrogens with zero attached hydrogens (tertiary/aromatic N) is 1. The number of hydrogen-bond acceptors (Lipinski definition) is 4. The lowest BCUT2D eigenvalue weighted by Gasteiger charge is -2.43. The molecule has 21 heavy (non-hydrogen) atoms. The van der Waals surface area contributed by atoms with E-state index >= 15 is 0 Å². The van der Waals surface area contributed by atoms with Crippen molar-refractivity contribution in [1.29, 1.82) is 0 Å². The zero-order valence-corrected chi connectivity index (χ0v) is 13.3. The monoisotopic (exact) mass is 297 g/mol. The van der Waals surface area contributed by atoms with Gasteiger partial charge in [0.15, 0.2) is 0 Å². The smallest absolute Gasteiger partial charge is 0.321 e. The molecule has 1 saturated carbocycles. The second-order valence-corrected chi connectivity index (χ2v) is 6.98. The van der Waals surface area contributed by atoms with E-state index in [1.807, 2.05) is 20.8 Å². The highest BCUT2D eigenvalue weighted by atomic mass is 16.5. The number of morpholine rings is 1. The Balaban J connectivity index is 1.82. The molecule has 6 nitrogen and oxygen atoms in total. The van der Waals surface area contributed by atoms with E-state index in [0.717, 1.165) is 19.4 Å². The van der Waals surface area contributed by atoms with Gasteiger partial charge in [-0.05, 0) is 33.6 Å². The first-order valence-electron chi connectivity index (χ1n) is 7.83. The van der Waals surface area contributed by atoms with Crippen LogP contribution in [-0.4, -0.2) is 54.2 Å². The van der Waals surface area contributed by atoms with Crippen LogP contribution in [-0.2, 0) is 9.53 Å². The second kappa shape index (κ2) is 6.75. The van der Waals surface area contributed by atoms with Gasteiger partial charge in [-0.3, -0.25) is 15.0 Å². The number of imide groups is 1. The summed E-state index contributed by atoms with van der Waals surface area (Å²) in [5.74, 6) is -0.247. The number of nitrogens with one attached hydrogen (secondary N) is 2.